The number of rotatable bonds is 2. The molecular weight excluding hydrogens is 220 g/mol. The van der Waals surface area contributed by atoms with E-state index >= 15 is 0 Å². The molecular formula is C12H12N2OS. The van der Waals surface area contributed by atoms with E-state index < -0.39 is 0 Å². The summed E-state index contributed by atoms with van der Waals surface area (Å²) in [6.07, 6.45) is 7.15. The topological polar surface area (TPSA) is 34.4 Å². The van der Waals surface area contributed by atoms with Gasteiger partial charge in [-0.15, -0.1) is 0 Å². The molecule has 1 unspecified atom stereocenters. The molecule has 1 aliphatic heterocycles. The van der Waals surface area contributed by atoms with Gasteiger partial charge in [-0.3, -0.25) is 4.79 Å². The summed E-state index contributed by atoms with van der Waals surface area (Å²) >= 11 is 1.97. The first-order valence-electron chi connectivity index (χ1n) is 5.42. The molecule has 0 radical (unpaired) electrons. The van der Waals surface area contributed by atoms with Crippen LogP contribution in [0.3, 0.4) is 0 Å². The van der Waals surface area contributed by atoms with Crippen LogP contribution in [0.5, 0.6) is 0 Å². The number of carbonyl (C=O) groups excluding carboxylic acids is 1. The molecule has 1 fully saturated rings. The van der Waals surface area contributed by atoms with Crippen LogP contribution in [0.1, 0.15) is 34.3 Å². The van der Waals surface area contributed by atoms with Crippen LogP contribution in [0.4, 0.5) is 0 Å². The predicted molar refractivity (Wildman–Crippen MR) is 65.0 cm³/mol. The van der Waals surface area contributed by atoms with Gasteiger partial charge in [0.15, 0.2) is 0 Å². The highest BCUT2D eigenvalue weighted by atomic mass is 32.2. The molecule has 2 aromatic rings. The van der Waals surface area contributed by atoms with Crippen LogP contribution < -0.4 is 0 Å². The van der Waals surface area contributed by atoms with Crippen molar-refractivity contribution in [3.8, 4) is 0 Å². The second kappa shape index (κ2) is 3.94. The molecule has 0 spiro atoms. The molecule has 3 nitrogen and oxygen atoms in total. The Bertz CT molecular complexity index is 529. The van der Waals surface area contributed by atoms with Crippen molar-refractivity contribution in [1.82, 2.24) is 9.38 Å². The summed E-state index contributed by atoms with van der Waals surface area (Å²) in [7, 11) is 0. The predicted octanol–water partition coefficient (Wildman–Crippen LogP) is 2.71. The van der Waals surface area contributed by atoms with Crippen molar-refractivity contribution >= 4 is 23.6 Å². The Labute approximate surface area is 97.9 Å². The van der Waals surface area contributed by atoms with Gasteiger partial charge < -0.3 is 4.40 Å². The summed E-state index contributed by atoms with van der Waals surface area (Å²) in [6.45, 7) is 0. The van der Waals surface area contributed by atoms with Crippen LogP contribution in [0.15, 0.2) is 24.5 Å². The Morgan fingerprint density at radius 1 is 1.56 bits per heavy atom. The smallest absolute Gasteiger partial charge is 0.150 e. The lowest BCUT2D eigenvalue weighted by Crippen LogP contribution is -1.97. The second-order valence-electron chi connectivity index (χ2n) is 3.99. The van der Waals surface area contributed by atoms with Crippen LogP contribution in [0.2, 0.25) is 0 Å². The maximum atomic E-state index is 10.7. The number of fused-ring (bicyclic) bond motifs is 1. The Hall–Kier alpha value is -1.29. The van der Waals surface area contributed by atoms with E-state index in [1.807, 2.05) is 36.3 Å². The van der Waals surface area contributed by atoms with Gasteiger partial charge in [-0.2, -0.15) is 11.8 Å². The van der Waals surface area contributed by atoms with Crippen molar-refractivity contribution in [3.63, 3.8) is 0 Å². The summed E-state index contributed by atoms with van der Waals surface area (Å²) in [5.41, 5.74) is 1.71. The molecule has 1 atom stereocenters. The second-order valence-corrected chi connectivity index (χ2v) is 5.30. The van der Waals surface area contributed by atoms with Gasteiger partial charge in [-0.25, -0.2) is 4.98 Å². The number of hydrogen-bond donors (Lipinski definition) is 0. The average Bonchev–Trinajstić information content (AvgIpc) is 2.96. The molecule has 0 amide bonds. The number of nitrogens with zero attached hydrogens (tertiary/aromatic N) is 2. The zero-order valence-electron chi connectivity index (χ0n) is 8.80. The fourth-order valence-corrected chi connectivity index (χ4v) is 3.41. The number of hydrogen-bond acceptors (Lipinski definition) is 3. The van der Waals surface area contributed by atoms with E-state index in [-0.39, 0.29) is 0 Å². The summed E-state index contributed by atoms with van der Waals surface area (Å²) in [6, 6.07) is 3.72. The highest BCUT2D eigenvalue weighted by Gasteiger charge is 2.21. The first-order valence-corrected chi connectivity index (χ1v) is 6.47. The third kappa shape index (κ3) is 1.53. The maximum Gasteiger partial charge on any atom is 0.150 e. The van der Waals surface area contributed by atoms with E-state index in [2.05, 4.69) is 9.38 Å². The number of thioether (sulfide) groups is 1. The van der Waals surface area contributed by atoms with E-state index in [0.29, 0.717) is 10.8 Å². The zero-order valence-corrected chi connectivity index (χ0v) is 9.61. The number of aromatic nitrogens is 2. The third-order valence-corrected chi connectivity index (χ3v) is 4.31. The number of carbonyl (C=O) groups is 1. The Morgan fingerprint density at radius 3 is 3.25 bits per heavy atom. The minimum absolute atomic E-state index is 0.518. The van der Waals surface area contributed by atoms with E-state index in [4.69, 9.17) is 0 Å². The molecule has 0 aliphatic carbocycles. The van der Waals surface area contributed by atoms with Crippen LogP contribution in [-0.4, -0.2) is 21.4 Å². The molecule has 0 N–H and O–H groups in total. The van der Waals surface area contributed by atoms with Crippen LogP contribution >= 0.6 is 11.8 Å². The molecule has 1 saturated heterocycles. The SMILES string of the molecule is O=Cc1ccn2c(C3CCCS3)ncc2c1. The molecule has 1 aliphatic rings. The lowest BCUT2D eigenvalue weighted by atomic mass is 10.2. The van der Waals surface area contributed by atoms with Crippen molar-refractivity contribution < 1.29 is 4.79 Å². The Balaban J connectivity index is 2.09. The number of imidazole rings is 1. The first-order chi connectivity index (χ1) is 7.88. The monoisotopic (exact) mass is 232 g/mol. The van der Waals surface area contributed by atoms with Crippen LogP contribution in [0, 0.1) is 0 Å². The van der Waals surface area contributed by atoms with E-state index in [0.717, 1.165) is 17.6 Å². The van der Waals surface area contributed by atoms with Gasteiger partial charge in [-0.05, 0) is 30.7 Å². The van der Waals surface area contributed by atoms with Crippen LogP contribution in [-0.2, 0) is 0 Å². The molecule has 4 heteroatoms. The molecule has 0 aromatic carbocycles. The molecule has 0 bridgehead atoms. The lowest BCUT2D eigenvalue weighted by molar-refractivity contribution is 0.112. The average molecular weight is 232 g/mol. The molecule has 0 saturated carbocycles. The molecule has 3 rings (SSSR count). The van der Waals surface area contributed by atoms with Crippen molar-refractivity contribution in [2.75, 3.05) is 5.75 Å². The van der Waals surface area contributed by atoms with Gasteiger partial charge >= 0.3 is 0 Å². The van der Waals surface area contributed by atoms with Crippen molar-refractivity contribution in [2.45, 2.75) is 18.1 Å². The first kappa shape index (κ1) is 9.90. The molecule has 3 heterocycles. The van der Waals surface area contributed by atoms with Crippen molar-refractivity contribution in [3.05, 3.63) is 35.9 Å². The fraction of sp³-hybridized carbons (Fsp3) is 0.333. The molecule has 82 valence electrons. The number of pyridine rings is 1. The quantitative estimate of drug-likeness (QED) is 0.747. The Morgan fingerprint density at radius 2 is 2.50 bits per heavy atom. The summed E-state index contributed by atoms with van der Waals surface area (Å²) in [5.74, 6) is 2.35. The summed E-state index contributed by atoms with van der Waals surface area (Å²) < 4.78 is 2.09. The third-order valence-electron chi connectivity index (χ3n) is 2.94. The minimum Gasteiger partial charge on any atom is -0.303 e. The van der Waals surface area contributed by atoms with E-state index in [9.17, 15) is 4.79 Å². The van der Waals surface area contributed by atoms with Crippen molar-refractivity contribution in [1.29, 1.82) is 0 Å². The Kier molecular flexibility index (Phi) is 2.44. The normalized spacial score (nSPS) is 20.4. The number of aldehydes is 1. The fourth-order valence-electron chi connectivity index (χ4n) is 2.13. The lowest BCUT2D eigenvalue weighted by Gasteiger charge is -2.07. The highest BCUT2D eigenvalue weighted by Crippen LogP contribution is 2.39. The standard InChI is InChI=1S/C12H12N2OS/c15-8-9-3-4-14-10(6-9)7-13-12(14)11-2-1-5-16-11/h3-4,6-8,11H,1-2,5H2. The van der Waals surface area contributed by atoms with Gasteiger partial charge in [0.2, 0.25) is 0 Å². The highest BCUT2D eigenvalue weighted by molar-refractivity contribution is 7.99. The molecule has 16 heavy (non-hydrogen) atoms. The molecule has 2 aromatic heterocycles. The van der Waals surface area contributed by atoms with Crippen LogP contribution in [0.25, 0.3) is 5.52 Å². The van der Waals surface area contributed by atoms with Gasteiger partial charge in [0.05, 0.1) is 17.0 Å². The van der Waals surface area contributed by atoms with Crippen molar-refractivity contribution in [2.24, 2.45) is 0 Å². The van der Waals surface area contributed by atoms with Gasteiger partial charge in [0.25, 0.3) is 0 Å². The maximum absolute atomic E-state index is 10.7. The summed E-state index contributed by atoms with van der Waals surface area (Å²) in [4.78, 5) is 15.2. The minimum atomic E-state index is 0.518. The zero-order chi connectivity index (χ0) is 11.0. The van der Waals surface area contributed by atoms with E-state index in [1.165, 1.54) is 18.6 Å². The summed E-state index contributed by atoms with van der Waals surface area (Å²) in [5, 5.41) is 0.518. The van der Waals surface area contributed by atoms with E-state index in [1.54, 1.807) is 0 Å². The van der Waals surface area contributed by atoms with Gasteiger partial charge in [0, 0.05) is 11.8 Å². The van der Waals surface area contributed by atoms with Gasteiger partial charge in [0.1, 0.15) is 12.1 Å². The largest absolute Gasteiger partial charge is 0.303 e. The van der Waals surface area contributed by atoms with Gasteiger partial charge in [-0.1, -0.05) is 0 Å².